The molecule has 0 amide bonds. The Morgan fingerprint density at radius 2 is 2.05 bits per heavy atom. The topological polar surface area (TPSA) is 101 Å². The van der Waals surface area contributed by atoms with Gasteiger partial charge in [-0.15, -0.1) is 0 Å². The van der Waals surface area contributed by atoms with Crippen LogP contribution in [0.15, 0.2) is 4.90 Å². The molecule has 1 fully saturated rings. The van der Waals surface area contributed by atoms with Crippen molar-refractivity contribution in [1.82, 2.24) is 9.78 Å². The Hall–Kier alpha value is -0.930. The van der Waals surface area contributed by atoms with Crippen molar-refractivity contribution >= 4 is 33.2 Å². The molecular weight excluding hydrogens is 288 g/mol. The van der Waals surface area contributed by atoms with Gasteiger partial charge in [0.2, 0.25) is 0 Å². The lowest BCUT2D eigenvalue weighted by atomic mass is 10.4. The lowest BCUT2D eigenvalue weighted by Crippen LogP contribution is -2.33. The summed E-state index contributed by atoms with van der Waals surface area (Å²) >= 11 is 1.83. The van der Waals surface area contributed by atoms with Gasteiger partial charge < -0.3 is 15.7 Å². The quantitative estimate of drug-likeness (QED) is 0.767. The number of aliphatic hydroxyl groups is 1. The number of nitrogens with two attached hydrogens (primary N) is 1. The molecule has 1 aliphatic heterocycles. The van der Waals surface area contributed by atoms with Gasteiger partial charge in [0.25, 0.3) is 0 Å². The Morgan fingerprint density at radius 3 is 2.58 bits per heavy atom. The van der Waals surface area contributed by atoms with Crippen LogP contribution in [-0.2, 0) is 16.4 Å². The summed E-state index contributed by atoms with van der Waals surface area (Å²) in [6.45, 7) is 1.56. The van der Waals surface area contributed by atoms with Gasteiger partial charge in [0.1, 0.15) is 5.82 Å². The summed E-state index contributed by atoms with van der Waals surface area (Å²) in [6.07, 6.45) is 1.13. The second-order valence-corrected chi connectivity index (χ2v) is 7.53. The molecular formula is C10H18N4O3S2. The van der Waals surface area contributed by atoms with Gasteiger partial charge in [-0.25, -0.2) is 13.1 Å². The number of anilines is 2. The Balaban J connectivity index is 2.48. The van der Waals surface area contributed by atoms with E-state index in [1.54, 1.807) is 0 Å². The van der Waals surface area contributed by atoms with Gasteiger partial charge in [-0.05, 0) is 0 Å². The lowest BCUT2D eigenvalue weighted by Gasteiger charge is -2.26. The second kappa shape index (κ2) is 5.59. The van der Waals surface area contributed by atoms with Crippen LogP contribution in [0, 0.1) is 0 Å². The van der Waals surface area contributed by atoms with E-state index in [1.165, 1.54) is 4.68 Å². The van der Waals surface area contributed by atoms with Crippen LogP contribution < -0.4 is 10.6 Å². The van der Waals surface area contributed by atoms with E-state index in [0.29, 0.717) is 5.82 Å². The molecule has 0 aromatic carbocycles. The van der Waals surface area contributed by atoms with E-state index in [0.717, 1.165) is 30.9 Å². The molecule has 1 saturated heterocycles. The SMILES string of the molecule is CS(=O)(=O)c1c(N2CCSCC2)nn(CCO)c1N. The monoisotopic (exact) mass is 306 g/mol. The van der Waals surface area contributed by atoms with Crippen LogP contribution in [0.3, 0.4) is 0 Å². The van der Waals surface area contributed by atoms with Crippen molar-refractivity contribution in [3.05, 3.63) is 0 Å². The van der Waals surface area contributed by atoms with Crippen molar-refractivity contribution in [2.45, 2.75) is 11.4 Å². The third kappa shape index (κ3) is 2.98. The molecule has 1 aliphatic rings. The van der Waals surface area contributed by atoms with Crippen molar-refractivity contribution in [3.63, 3.8) is 0 Å². The fourth-order valence-corrected chi connectivity index (χ4v) is 3.94. The van der Waals surface area contributed by atoms with E-state index in [4.69, 9.17) is 10.8 Å². The van der Waals surface area contributed by atoms with Crippen LogP contribution >= 0.6 is 11.8 Å². The third-order valence-electron chi connectivity index (χ3n) is 2.92. The van der Waals surface area contributed by atoms with E-state index >= 15 is 0 Å². The predicted molar refractivity (Wildman–Crippen MR) is 76.4 cm³/mol. The maximum atomic E-state index is 11.9. The fourth-order valence-electron chi connectivity index (χ4n) is 2.05. The summed E-state index contributed by atoms with van der Waals surface area (Å²) in [6, 6.07) is 0. The number of hydrogen-bond acceptors (Lipinski definition) is 7. The molecule has 0 saturated carbocycles. The highest BCUT2D eigenvalue weighted by Crippen LogP contribution is 2.31. The summed E-state index contributed by atoms with van der Waals surface area (Å²) < 4.78 is 25.2. The highest BCUT2D eigenvalue weighted by molar-refractivity contribution is 7.99. The summed E-state index contributed by atoms with van der Waals surface area (Å²) in [5.74, 6) is 2.39. The number of hydrogen-bond donors (Lipinski definition) is 2. The molecule has 1 aromatic rings. The van der Waals surface area contributed by atoms with Crippen LogP contribution in [-0.4, -0.2) is 60.8 Å². The van der Waals surface area contributed by atoms with E-state index in [-0.39, 0.29) is 23.9 Å². The van der Waals surface area contributed by atoms with Gasteiger partial charge in [-0.1, -0.05) is 0 Å². The Bertz CT molecular complexity index is 549. The summed E-state index contributed by atoms with van der Waals surface area (Å²) in [5, 5.41) is 13.2. The largest absolute Gasteiger partial charge is 0.394 e. The second-order valence-electron chi connectivity index (χ2n) is 4.36. The van der Waals surface area contributed by atoms with Gasteiger partial charge in [0.15, 0.2) is 20.6 Å². The molecule has 0 aliphatic carbocycles. The zero-order valence-corrected chi connectivity index (χ0v) is 12.4. The molecule has 2 heterocycles. The number of thioether (sulfide) groups is 1. The Labute approximate surface area is 116 Å². The van der Waals surface area contributed by atoms with E-state index in [1.807, 2.05) is 16.7 Å². The molecule has 7 nitrogen and oxygen atoms in total. The third-order valence-corrected chi connectivity index (χ3v) is 5.00. The minimum Gasteiger partial charge on any atom is -0.394 e. The number of rotatable bonds is 4. The summed E-state index contributed by atoms with van der Waals surface area (Å²) in [7, 11) is -3.45. The molecule has 19 heavy (non-hydrogen) atoms. The van der Waals surface area contributed by atoms with Crippen molar-refractivity contribution in [1.29, 1.82) is 0 Å². The van der Waals surface area contributed by atoms with Crippen LogP contribution in [0.25, 0.3) is 0 Å². The number of nitrogens with zero attached hydrogens (tertiary/aromatic N) is 3. The van der Waals surface area contributed by atoms with Gasteiger partial charge in [0.05, 0.1) is 13.2 Å². The molecule has 0 bridgehead atoms. The molecule has 9 heteroatoms. The average molecular weight is 306 g/mol. The molecule has 0 unspecified atom stereocenters. The first-order valence-corrected chi connectivity index (χ1v) is 8.99. The number of aromatic nitrogens is 2. The molecule has 0 spiro atoms. The molecule has 0 radical (unpaired) electrons. The maximum absolute atomic E-state index is 11.9. The molecule has 108 valence electrons. The number of nitrogen functional groups attached to an aromatic ring is 1. The first-order chi connectivity index (χ1) is 8.95. The van der Waals surface area contributed by atoms with Crippen molar-refractivity contribution < 1.29 is 13.5 Å². The first-order valence-electron chi connectivity index (χ1n) is 5.95. The Morgan fingerprint density at radius 1 is 1.42 bits per heavy atom. The number of aliphatic hydroxyl groups excluding tert-OH is 1. The molecule has 2 rings (SSSR count). The zero-order valence-electron chi connectivity index (χ0n) is 10.7. The van der Waals surface area contributed by atoms with Gasteiger partial charge >= 0.3 is 0 Å². The van der Waals surface area contributed by atoms with Crippen LogP contribution in [0.4, 0.5) is 11.6 Å². The van der Waals surface area contributed by atoms with Crippen LogP contribution in [0.5, 0.6) is 0 Å². The molecule has 1 aromatic heterocycles. The molecule has 3 N–H and O–H groups in total. The fraction of sp³-hybridized carbons (Fsp3) is 0.700. The van der Waals surface area contributed by atoms with Crippen molar-refractivity contribution in [2.24, 2.45) is 0 Å². The van der Waals surface area contributed by atoms with Gasteiger partial charge in [-0.3, -0.25) is 0 Å². The normalized spacial score (nSPS) is 16.8. The van der Waals surface area contributed by atoms with E-state index < -0.39 is 9.84 Å². The maximum Gasteiger partial charge on any atom is 0.182 e. The smallest absolute Gasteiger partial charge is 0.182 e. The summed E-state index contributed by atoms with van der Waals surface area (Å²) in [4.78, 5) is 2.02. The standard InChI is InChI=1S/C10H18N4O3S2/c1-19(16,17)8-9(11)14(2-5-15)12-10(8)13-3-6-18-7-4-13/h15H,2-7,11H2,1H3. The summed E-state index contributed by atoms with van der Waals surface area (Å²) in [5.41, 5.74) is 5.86. The molecule has 0 atom stereocenters. The van der Waals surface area contributed by atoms with E-state index in [2.05, 4.69) is 5.10 Å². The van der Waals surface area contributed by atoms with E-state index in [9.17, 15) is 8.42 Å². The van der Waals surface area contributed by atoms with Gasteiger partial charge in [-0.2, -0.15) is 16.9 Å². The Kier molecular flexibility index (Phi) is 4.26. The van der Waals surface area contributed by atoms with Crippen LogP contribution in [0.2, 0.25) is 0 Å². The lowest BCUT2D eigenvalue weighted by molar-refractivity contribution is 0.270. The van der Waals surface area contributed by atoms with Gasteiger partial charge in [0, 0.05) is 30.9 Å². The predicted octanol–water partition coefficient (Wildman–Crippen LogP) is -0.586. The van der Waals surface area contributed by atoms with Crippen molar-refractivity contribution in [3.8, 4) is 0 Å². The minimum atomic E-state index is -3.45. The average Bonchev–Trinajstić information content (AvgIpc) is 2.68. The highest BCUT2D eigenvalue weighted by atomic mass is 32.2. The van der Waals surface area contributed by atoms with Crippen molar-refractivity contribution in [2.75, 3.05) is 48.1 Å². The first kappa shape index (κ1) is 14.5. The zero-order chi connectivity index (χ0) is 14.0. The minimum absolute atomic E-state index is 0.0767. The number of sulfone groups is 1. The highest BCUT2D eigenvalue weighted by Gasteiger charge is 2.28. The van der Waals surface area contributed by atoms with Crippen LogP contribution in [0.1, 0.15) is 0 Å².